The molecule has 2 aliphatic heterocycles. The molecule has 7 nitrogen and oxygen atoms in total. The number of aliphatic carboxylic acids is 1. The lowest BCUT2D eigenvalue weighted by atomic mass is 9.92. The zero-order valence-corrected chi connectivity index (χ0v) is 10.2. The second-order valence-electron chi connectivity index (χ2n) is 4.76. The van der Waals surface area contributed by atoms with Gasteiger partial charge in [0.1, 0.15) is 6.04 Å². The first kappa shape index (κ1) is 12.7. The predicted octanol–water partition coefficient (Wildman–Crippen LogP) is -0.620. The lowest BCUT2D eigenvalue weighted by Crippen LogP contribution is -2.55. The third-order valence-corrected chi connectivity index (χ3v) is 3.57. The Hall–Kier alpha value is -1.79. The zero-order chi connectivity index (χ0) is 13.3. The summed E-state index contributed by atoms with van der Waals surface area (Å²) in [5.74, 6) is -1.23. The van der Waals surface area contributed by atoms with Crippen molar-refractivity contribution in [2.24, 2.45) is 5.92 Å². The molecule has 0 aliphatic carbocycles. The Bertz CT molecular complexity index is 384. The van der Waals surface area contributed by atoms with Gasteiger partial charge in [-0.1, -0.05) is 0 Å². The van der Waals surface area contributed by atoms with Crippen molar-refractivity contribution >= 4 is 17.9 Å². The standard InChI is InChI=1S/C11H17N3O4/c1-6(10(16)17)13-11(18)14-4-2-3-7-8(14)5-12-9(7)15/h6-8H,2-5H2,1H3,(H,12,15)(H,13,18)(H,16,17)/t6-,7?,8?/m0/s1. The van der Waals surface area contributed by atoms with Gasteiger partial charge in [0.2, 0.25) is 5.91 Å². The van der Waals surface area contributed by atoms with Crippen molar-refractivity contribution in [1.29, 1.82) is 0 Å². The molecule has 7 heteroatoms. The zero-order valence-electron chi connectivity index (χ0n) is 10.2. The molecule has 18 heavy (non-hydrogen) atoms. The molecule has 0 aromatic rings. The maximum absolute atomic E-state index is 12.0. The van der Waals surface area contributed by atoms with E-state index in [2.05, 4.69) is 10.6 Å². The predicted molar refractivity (Wildman–Crippen MR) is 61.9 cm³/mol. The number of carbonyl (C=O) groups excluding carboxylic acids is 2. The van der Waals surface area contributed by atoms with Gasteiger partial charge >= 0.3 is 12.0 Å². The number of carboxylic acid groups (broad SMARTS) is 1. The monoisotopic (exact) mass is 255 g/mol. The smallest absolute Gasteiger partial charge is 0.325 e. The average Bonchev–Trinajstić information content (AvgIpc) is 2.71. The van der Waals surface area contributed by atoms with E-state index in [4.69, 9.17) is 5.11 Å². The first-order valence-corrected chi connectivity index (χ1v) is 6.08. The van der Waals surface area contributed by atoms with Crippen LogP contribution in [0.5, 0.6) is 0 Å². The number of amides is 3. The first-order valence-electron chi connectivity index (χ1n) is 6.08. The summed E-state index contributed by atoms with van der Waals surface area (Å²) in [6, 6.07) is -1.48. The number of hydrogen-bond donors (Lipinski definition) is 3. The SMILES string of the molecule is C[C@H](NC(=O)N1CCCC2C(=O)NCC21)C(=O)O. The van der Waals surface area contributed by atoms with E-state index in [9.17, 15) is 14.4 Å². The molecule has 2 unspecified atom stereocenters. The molecule has 0 bridgehead atoms. The highest BCUT2D eigenvalue weighted by molar-refractivity contribution is 5.86. The Morgan fingerprint density at radius 3 is 2.94 bits per heavy atom. The maximum Gasteiger partial charge on any atom is 0.325 e. The molecule has 3 N–H and O–H groups in total. The van der Waals surface area contributed by atoms with E-state index in [1.54, 1.807) is 4.90 Å². The highest BCUT2D eigenvalue weighted by atomic mass is 16.4. The van der Waals surface area contributed by atoms with Gasteiger partial charge in [0, 0.05) is 13.1 Å². The molecular weight excluding hydrogens is 238 g/mol. The molecule has 2 saturated heterocycles. The third kappa shape index (κ3) is 2.25. The fraction of sp³-hybridized carbons (Fsp3) is 0.727. The molecule has 0 radical (unpaired) electrons. The molecular formula is C11H17N3O4. The Morgan fingerprint density at radius 1 is 1.56 bits per heavy atom. The highest BCUT2D eigenvalue weighted by Crippen LogP contribution is 2.27. The molecule has 2 fully saturated rings. The van der Waals surface area contributed by atoms with Crippen LogP contribution in [0, 0.1) is 5.92 Å². The van der Waals surface area contributed by atoms with Crippen molar-refractivity contribution in [2.75, 3.05) is 13.1 Å². The topological polar surface area (TPSA) is 98.7 Å². The number of carbonyl (C=O) groups is 3. The van der Waals surface area contributed by atoms with Crippen LogP contribution in [0.15, 0.2) is 0 Å². The van der Waals surface area contributed by atoms with Crippen molar-refractivity contribution in [1.82, 2.24) is 15.5 Å². The van der Waals surface area contributed by atoms with Gasteiger partial charge in [-0.2, -0.15) is 0 Å². The Kier molecular flexibility index (Phi) is 3.40. The molecule has 0 aromatic carbocycles. The number of piperidine rings is 1. The molecule has 2 rings (SSSR count). The maximum atomic E-state index is 12.0. The number of carboxylic acids is 1. The van der Waals surface area contributed by atoms with Gasteiger partial charge in [-0.25, -0.2) is 4.79 Å². The quantitative estimate of drug-likeness (QED) is 0.612. The summed E-state index contributed by atoms with van der Waals surface area (Å²) in [6.45, 7) is 2.44. The van der Waals surface area contributed by atoms with Crippen LogP contribution in [-0.4, -0.2) is 53.1 Å². The van der Waals surface area contributed by atoms with Crippen molar-refractivity contribution in [2.45, 2.75) is 31.8 Å². The van der Waals surface area contributed by atoms with Crippen LogP contribution in [0.2, 0.25) is 0 Å². The Balaban J connectivity index is 2.01. The second-order valence-corrected chi connectivity index (χ2v) is 4.76. The van der Waals surface area contributed by atoms with Crippen LogP contribution in [-0.2, 0) is 9.59 Å². The second kappa shape index (κ2) is 4.83. The van der Waals surface area contributed by atoms with E-state index in [-0.39, 0.29) is 17.9 Å². The number of nitrogens with one attached hydrogen (secondary N) is 2. The van der Waals surface area contributed by atoms with Gasteiger partial charge in [-0.15, -0.1) is 0 Å². The molecule has 2 heterocycles. The summed E-state index contributed by atoms with van der Waals surface area (Å²) >= 11 is 0. The fourth-order valence-electron chi connectivity index (χ4n) is 2.53. The first-order chi connectivity index (χ1) is 8.50. The normalized spacial score (nSPS) is 28.3. The highest BCUT2D eigenvalue weighted by Gasteiger charge is 2.42. The summed E-state index contributed by atoms with van der Waals surface area (Å²) in [5, 5.41) is 13.9. The lowest BCUT2D eigenvalue weighted by Gasteiger charge is -2.36. The van der Waals surface area contributed by atoms with Crippen molar-refractivity contribution < 1.29 is 19.5 Å². The average molecular weight is 255 g/mol. The van der Waals surface area contributed by atoms with Crippen LogP contribution in [0.4, 0.5) is 4.79 Å². The van der Waals surface area contributed by atoms with Crippen LogP contribution in [0.25, 0.3) is 0 Å². The van der Waals surface area contributed by atoms with Crippen LogP contribution in [0.1, 0.15) is 19.8 Å². The number of rotatable bonds is 2. The van der Waals surface area contributed by atoms with Gasteiger partial charge in [-0.3, -0.25) is 9.59 Å². The van der Waals surface area contributed by atoms with E-state index >= 15 is 0 Å². The molecule has 0 aromatic heterocycles. The summed E-state index contributed by atoms with van der Waals surface area (Å²) in [4.78, 5) is 35.8. The van der Waals surface area contributed by atoms with Crippen molar-refractivity contribution in [3.8, 4) is 0 Å². The molecule has 3 amide bonds. The Morgan fingerprint density at radius 2 is 2.28 bits per heavy atom. The number of fused-ring (bicyclic) bond motifs is 1. The van der Waals surface area contributed by atoms with Gasteiger partial charge in [0.25, 0.3) is 0 Å². The summed E-state index contributed by atoms with van der Waals surface area (Å²) in [7, 11) is 0. The van der Waals surface area contributed by atoms with E-state index in [0.717, 1.165) is 12.8 Å². The van der Waals surface area contributed by atoms with Crippen LogP contribution >= 0.6 is 0 Å². The van der Waals surface area contributed by atoms with E-state index in [1.807, 2.05) is 0 Å². The van der Waals surface area contributed by atoms with Crippen molar-refractivity contribution in [3.63, 3.8) is 0 Å². The molecule has 2 aliphatic rings. The minimum Gasteiger partial charge on any atom is -0.480 e. The molecule has 3 atom stereocenters. The van der Waals surface area contributed by atoms with E-state index < -0.39 is 18.0 Å². The minimum absolute atomic E-state index is 0.0104. The summed E-state index contributed by atoms with van der Waals surface area (Å²) in [5.41, 5.74) is 0. The van der Waals surface area contributed by atoms with Gasteiger partial charge in [0.05, 0.1) is 12.0 Å². The van der Waals surface area contributed by atoms with E-state index in [1.165, 1.54) is 6.92 Å². The Labute approximate surface area is 105 Å². The molecule has 100 valence electrons. The number of likely N-dealkylation sites (tertiary alicyclic amines) is 1. The van der Waals surface area contributed by atoms with Crippen LogP contribution < -0.4 is 10.6 Å². The summed E-state index contributed by atoms with van der Waals surface area (Å²) in [6.07, 6.45) is 1.55. The molecule has 0 spiro atoms. The third-order valence-electron chi connectivity index (χ3n) is 3.57. The number of urea groups is 1. The van der Waals surface area contributed by atoms with Gasteiger partial charge in [0.15, 0.2) is 0 Å². The molecule has 0 saturated carbocycles. The van der Waals surface area contributed by atoms with Gasteiger partial charge < -0.3 is 20.6 Å². The number of nitrogens with zero attached hydrogens (tertiary/aromatic N) is 1. The lowest BCUT2D eigenvalue weighted by molar-refractivity contribution is -0.138. The van der Waals surface area contributed by atoms with Crippen LogP contribution in [0.3, 0.4) is 0 Å². The fourth-order valence-corrected chi connectivity index (χ4v) is 2.53. The van der Waals surface area contributed by atoms with Crippen molar-refractivity contribution in [3.05, 3.63) is 0 Å². The van der Waals surface area contributed by atoms with Gasteiger partial charge in [-0.05, 0) is 19.8 Å². The van der Waals surface area contributed by atoms with E-state index in [0.29, 0.717) is 13.1 Å². The number of hydrogen-bond acceptors (Lipinski definition) is 3. The minimum atomic E-state index is -1.07. The summed E-state index contributed by atoms with van der Waals surface area (Å²) < 4.78 is 0. The largest absolute Gasteiger partial charge is 0.480 e.